The van der Waals surface area contributed by atoms with Crippen LogP contribution in [0.1, 0.15) is 18.1 Å². The number of rotatable bonds is 4. The van der Waals surface area contributed by atoms with Crippen molar-refractivity contribution < 1.29 is 13.9 Å². The largest absolute Gasteiger partial charge is 0.445 e. The highest BCUT2D eigenvalue weighted by Gasteiger charge is 2.28. The Kier molecular flexibility index (Phi) is 5.73. The molecule has 1 saturated heterocycles. The minimum absolute atomic E-state index is 0.00357. The van der Waals surface area contributed by atoms with Gasteiger partial charge in [0.15, 0.2) is 5.82 Å². The van der Waals surface area contributed by atoms with E-state index in [0.717, 1.165) is 5.56 Å². The van der Waals surface area contributed by atoms with Gasteiger partial charge in [0.25, 0.3) is 0 Å². The molecule has 0 saturated carbocycles. The lowest BCUT2D eigenvalue weighted by Crippen LogP contribution is -2.53. The van der Waals surface area contributed by atoms with Crippen LogP contribution in [0.5, 0.6) is 0 Å². The molecule has 3 rings (SSSR count). The molecule has 0 aromatic heterocycles. The van der Waals surface area contributed by atoms with E-state index in [-0.39, 0.29) is 30.2 Å². The smallest absolute Gasteiger partial charge is 0.410 e. The zero-order chi connectivity index (χ0) is 18.5. The Morgan fingerprint density at radius 3 is 2.69 bits per heavy atom. The molecular weight excluding hydrogens is 333 g/mol. The van der Waals surface area contributed by atoms with E-state index in [9.17, 15) is 9.18 Å². The second kappa shape index (κ2) is 8.19. The molecule has 5 nitrogen and oxygen atoms in total. The zero-order valence-electron chi connectivity index (χ0n) is 14.9. The Balaban J connectivity index is 1.53. The Hall–Kier alpha value is -2.60. The predicted octanol–water partition coefficient (Wildman–Crippen LogP) is 3.25. The maximum Gasteiger partial charge on any atom is 0.410 e. The molecule has 1 fully saturated rings. The second-order valence-corrected chi connectivity index (χ2v) is 6.64. The Morgan fingerprint density at radius 2 is 1.96 bits per heavy atom. The molecule has 1 amide bonds. The van der Waals surface area contributed by atoms with Gasteiger partial charge in [-0.05, 0) is 18.6 Å². The Bertz CT molecular complexity index is 754. The molecule has 0 bridgehead atoms. The standard InChI is InChI=1S/C20H24FN3O2/c1-15-12-23(13-17-8-5-9-18(22)19(17)21)10-11-24(15)20(25)26-14-16-6-3-2-4-7-16/h2-9,15H,10-14,22H2,1H3/t15-/m0/s1. The number of ether oxygens (including phenoxy) is 1. The van der Waals surface area contributed by atoms with E-state index in [4.69, 9.17) is 10.5 Å². The molecule has 26 heavy (non-hydrogen) atoms. The van der Waals surface area contributed by atoms with Crippen molar-refractivity contribution >= 4 is 11.8 Å². The van der Waals surface area contributed by atoms with Crippen molar-refractivity contribution in [2.75, 3.05) is 25.4 Å². The fourth-order valence-corrected chi connectivity index (χ4v) is 3.21. The van der Waals surface area contributed by atoms with Crippen molar-refractivity contribution in [1.82, 2.24) is 9.80 Å². The quantitative estimate of drug-likeness (QED) is 0.854. The van der Waals surface area contributed by atoms with E-state index in [1.165, 1.54) is 0 Å². The minimum Gasteiger partial charge on any atom is -0.445 e. The van der Waals surface area contributed by atoms with Crippen molar-refractivity contribution in [1.29, 1.82) is 0 Å². The summed E-state index contributed by atoms with van der Waals surface area (Å²) in [5.41, 5.74) is 7.34. The van der Waals surface area contributed by atoms with Crippen LogP contribution in [0.3, 0.4) is 0 Å². The average Bonchev–Trinajstić information content (AvgIpc) is 2.64. The van der Waals surface area contributed by atoms with Crippen LogP contribution in [0.25, 0.3) is 0 Å². The number of piperazine rings is 1. The van der Waals surface area contributed by atoms with Gasteiger partial charge in [-0.25, -0.2) is 9.18 Å². The van der Waals surface area contributed by atoms with Gasteiger partial charge >= 0.3 is 6.09 Å². The fourth-order valence-electron chi connectivity index (χ4n) is 3.21. The van der Waals surface area contributed by atoms with Crippen LogP contribution < -0.4 is 5.73 Å². The van der Waals surface area contributed by atoms with Crippen LogP contribution in [-0.4, -0.2) is 41.6 Å². The van der Waals surface area contributed by atoms with Crippen molar-refractivity contribution in [3.63, 3.8) is 0 Å². The zero-order valence-corrected chi connectivity index (χ0v) is 14.9. The van der Waals surface area contributed by atoms with Crippen molar-refractivity contribution in [3.8, 4) is 0 Å². The Morgan fingerprint density at radius 1 is 1.19 bits per heavy atom. The van der Waals surface area contributed by atoms with E-state index in [2.05, 4.69) is 4.90 Å². The van der Waals surface area contributed by atoms with Crippen LogP contribution in [0.15, 0.2) is 48.5 Å². The summed E-state index contributed by atoms with van der Waals surface area (Å²) in [6.07, 6.45) is -0.309. The maximum atomic E-state index is 14.1. The molecule has 1 aliphatic rings. The summed E-state index contributed by atoms with van der Waals surface area (Å²) >= 11 is 0. The van der Waals surface area contributed by atoms with Gasteiger partial charge in [0.1, 0.15) is 6.61 Å². The van der Waals surface area contributed by atoms with E-state index in [0.29, 0.717) is 31.7 Å². The monoisotopic (exact) mass is 357 g/mol. The topological polar surface area (TPSA) is 58.8 Å². The molecule has 2 aromatic rings. The number of amides is 1. The molecule has 1 atom stereocenters. The molecule has 1 aliphatic heterocycles. The van der Waals surface area contributed by atoms with Crippen LogP contribution in [0.4, 0.5) is 14.9 Å². The second-order valence-electron chi connectivity index (χ2n) is 6.64. The molecule has 138 valence electrons. The number of nitrogens with zero attached hydrogens (tertiary/aromatic N) is 2. The first-order valence-electron chi connectivity index (χ1n) is 8.77. The molecule has 6 heteroatoms. The third kappa shape index (κ3) is 4.32. The number of carbonyl (C=O) groups excluding carboxylic acids is 1. The Labute approximate surface area is 153 Å². The third-order valence-corrected chi connectivity index (χ3v) is 4.65. The average molecular weight is 357 g/mol. The lowest BCUT2D eigenvalue weighted by Gasteiger charge is -2.39. The number of benzene rings is 2. The highest BCUT2D eigenvalue weighted by molar-refractivity contribution is 5.68. The number of anilines is 1. The van der Waals surface area contributed by atoms with E-state index >= 15 is 0 Å². The highest BCUT2D eigenvalue weighted by atomic mass is 19.1. The summed E-state index contributed by atoms with van der Waals surface area (Å²) in [4.78, 5) is 16.2. The normalized spacial score (nSPS) is 17.9. The minimum atomic E-state index is -0.357. The van der Waals surface area contributed by atoms with Crippen molar-refractivity contribution in [3.05, 3.63) is 65.5 Å². The summed E-state index contributed by atoms with van der Waals surface area (Å²) in [7, 11) is 0. The van der Waals surface area contributed by atoms with Gasteiger partial charge in [0, 0.05) is 37.8 Å². The predicted molar refractivity (Wildman–Crippen MR) is 98.9 cm³/mol. The highest BCUT2D eigenvalue weighted by Crippen LogP contribution is 2.19. The van der Waals surface area contributed by atoms with Gasteiger partial charge in [-0.1, -0.05) is 42.5 Å². The number of hydrogen-bond acceptors (Lipinski definition) is 4. The molecule has 0 radical (unpaired) electrons. The van der Waals surface area contributed by atoms with Crippen LogP contribution in [-0.2, 0) is 17.9 Å². The van der Waals surface area contributed by atoms with Crippen molar-refractivity contribution in [2.24, 2.45) is 0 Å². The van der Waals surface area contributed by atoms with Gasteiger partial charge in [-0.2, -0.15) is 0 Å². The first kappa shape index (κ1) is 18.2. The third-order valence-electron chi connectivity index (χ3n) is 4.65. The van der Waals surface area contributed by atoms with Crippen LogP contribution in [0, 0.1) is 5.82 Å². The summed E-state index contributed by atoms with van der Waals surface area (Å²) < 4.78 is 19.5. The van der Waals surface area contributed by atoms with Crippen LogP contribution in [0.2, 0.25) is 0 Å². The number of halogens is 1. The van der Waals surface area contributed by atoms with E-state index in [1.807, 2.05) is 37.3 Å². The molecule has 1 heterocycles. The number of nitrogens with two attached hydrogens (primary N) is 1. The maximum absolute atomic E-state index is 14.1. The summed E-state index contributed by atoms with van der Waals surface area (Å²) in [6, 6.07) is 14.7. The molecule has 0 spiro atoms. The van der Waals surface area contributed by atoms with Gasteiger partial charge in [-0.15, -0.1) is 0 Å². The molecule has 2 aromatic carbocycles. The first-order valence-corrected chi connectivity index (χ1v) is 8.77. The van der Waals surface area contributed by atoms with Crippen molar-refractivity contribution in [2.45, 2.75) is 26.1 Å². The van der Waals surface area contributed by atoms with Crippen LogP contribution >= 0.6 is 0 Å². The molecule has 0 aliphatic carbocycles. The first-order chi connectivity index (χ1) is 12.5. The van der Waals surface area contributed by atoms with E-state index < -0.39 is 0 Å². The summed E-state index contributed by atoms with van der Waals surface area (Å²) in [6.45, 7) is 4.60. The van der Waals surface area contributed by atoms with Gasteiger partial charge in [0.2, 0.25) is 0 Å². The molecular formula is C20H24FN3O2. The molecule has 2 N–H and O–H groups in total. The van der Waals surface area contributed by atoms with Gasteiger partial charge in [-0.3, -0.25) is 4.90 Å². The number of hydrogen-bond donors (Lipinski definition) is 1. The number of carbonyl (C=O) groups is 1. The summed E-state index contributed by atoms with van der Waals surface area (Å²) in [5.74, 6) is -0.357. The molecule has 0 unspecified atom stereocenters. The van der Waals surface area contributed by atoms with E-state index in [1.54, 1.807) is 23.1 Å². The van der Waals surface area contributed by atoms with Gasteiger partial charge < -0.3 is 15.4 Å². The SMILES string of the molecule is C[C@H]1CN(Cc2cccc(N)c2F)CCN1C(=O)OCc1ccccc1. The number of nitrogen functional groups attached to an aromatic ring is 1. The lowest BCUT2D eigenvalue weighted by atomic mass is 10.1. The fraction of sp³-hybridized carbons (Fsp3) is 0.350. The van der Waals surface area contributed by atoms with Gasteiger partial charge in [0.05, 0.1) is 5.69 Å². The summed E-state index contributed by atoms with van der Waals surface area (Å²) in [5, 5.41) is 0. The lowest BCUT2D eigenvalue weighted by molar-refractivity contribution is 0.0456.